The number of carbonyl (C=O) groups is 1. The molecule has 5 rings (SSSR count). The van der Waals surface area contributed by atoms with Crippen LogP contribution in [0.4, 0.5) is 11.6 Å². The zero-order valence-corrected chi connectivity index (χ0v) is 22.3. The molecule has 0 aliphatic carbocycles. The zero-order valence-electron chi connectivity index (χ0n) is 20.8. The quantitative estimate of drug-likeness (QED) is 0.347. The summed E-state index contributed by atoms with van der Waals surface area (Å²) in [5, 5.41) is 7.68. The van der Waals surface area contributed by atoms with Crippen molar-refractivity contribution in [1.82, 2.24) is 20.2 Å². The molecular weight excluding hydrogens is 515 g/mol. The Labute approximate surface area is 224 Å². The number of fused-ring (bicyclic) bond motifs is 2. The molecule has 1 amide bonds. The molecule has 0 radical (unpaired) electrons. The van der Waals surface area contributed by atoms with Gasteiger partial charge in [0.1, 0.15) is 11.4 Å². The second kappa shape index (κ2) is 10.0. The van der Waals surface area contributed by atoms with Crippen molar-refractivity contribution in [1.29, 1.82) is 0 Å². The number of hydrogen-bond donors (Lipinski definition) is 4. The van der Waals surface area contributed by atoms with Gasteiger partial charge in [-0.25, -0.2) is 4.98 Å². The maximum absolute atomic E-state index is 13.1. The van der Waals surface area contributed by atoms with E-state index in [-0.39, 0.29) is 17.5 Å². The molecule has 0 saturated carbocycles. The zero-order chi connectivity index (χ0) is 26.3. The largest absolute Gasteiger partial charge is 0.486 e. The number of aromatic amines is 1. The highest BCUT2D eigenvalue weighted by molar-refractivity contribution is 6.34. The van der Waals surface area contributed by atoms with Crippen molar-refractivity contribution in [3.63, 3.8) is 0 Å². The monoisotopic (exact) mass is 544 g/mol. The van der Waals surface area contributed by atoms with E-state index in [2.05, 4.69) is 25.5 Å². The van der Waals surface area contributed by atoms with Gasteiger partial charge in [-0.2, -0.15) is 0 Å². The number of amides is 1. The van der Waals surface area contributed by atoms with E-state index in [0.717, 1.165) is 38.0 Å². The Morgan fingerprint density at radius 3 is 2.78 bits per heavy atom. The number of carbonyl (C=O) groups excluding carboxylic acids is 1. The summed E-state index contributed by atoms with van der Waals surface area (Å²) in [4.78, 5) is 35.0. The molecule has 5 N–H and O–H groups in total. The van der Waals surface area contributed by atoms with Gasteiger partial charge in [-0.3, -0.25) is 14.6 Å². The molecule has 11 heteroatoms. The van der Waals surface area contributed by atoms with E-state index in [1.54, 1.807) is 24.3 Å². The molecule has 1 saturated heterocycles. The molecule has 1 fully saturated rings. The number of piperidine rings is 1. The number of hydrogen-bond acceptors (Lipinski definition) is 7. The van der Waals surface area contributed by atoms with Crippen LogP contribution in [-0.4, -0.2) is 58.6 Å². The molecular formula is C26H30Cl2N6O3. The first-order valence-electron chi connectivity index (χ1n) is 12.4. The van der Waals surface area contributed by atoms with Crippen LogP contribution in [0.25, 0.3) is 10.9 Å². The van der Waals surface area contributed by atoms with E-state index in [0.29, 0.717) is 56.9 Å². The number of ether oxygens (including phenoxy) is 1. The molecule has 2 aliphatic heterocycles. The van der Waals surface area contributed by atoms with Crippen molar-refractivity contribution >= 4 is 51.6 Å². The van der Waals surface area contributed by atoms with Crippen LogP contribution in [0.3, 0.4) is 0 Å². The van der Waals surface area contributed by atoms with Gasteiger partial charge in [0, 0.05) is 49.2 Å². The first kappa shape index (κ1) is 25.6. The third kappa shape index (κ3) is 5.49. The highest BCUT2D eigenvalue weighted by atomic mass is 35.5. The lowest BCUT2D eigenvalue weighted by atomic mass is 9.98. The molecule has 37 heavy (non-hydrogen) atoms. The average molecular weight is 545 g/mol. The Balaban J connectivity index is 1.13. The standard InChI is InChI=1S/C26H30Cl2N6O3/c1-26(2)13-18-21(29)19(28)12-17(22(18)37-26)24(36)31-15-5-8-34(9-6-15)10-7-30-25-32-20-4-3-14(27)11-16(20)23(35)33-25/h3-4,11-12,15H,5-10,13,29H2,1-2H3,(H,31,36)(H2,30,32,33,35). The fourth-order valence-corrected chi connectivity index (χ4v) is 5.38. The number of nitrogen functional groups attached to an aromatic ring is 1. The van der Waals surface area contributed by atoms with E-state index in [4.69, 9.17) is 33.7 Å². The summed E-state index contributed by atoms with van der Waals surface area (Å²) in [6.45, 7) is 7.04. The summed E-state index contributed by atoms with van der Waals surface area (Å²) in [6, 6.07) is 6.72. The number of nitrogens with one attached hydrogen (secondary N) is 3. The summed E-state index contributed by atoms with van der Waals surface area (Å²) in [5.74, 6) is 0.780. The van der Waals surface area contributed by atoms with E-state index in [9.17, 15) is 9.59 Å². The normalized spacial score (nSPS) is 17.4. The predicted molar refractivity (Wildman–Crippen MR) is 147 cm³/mol. The number of aromatic nitrogens is 2. The van der Waals surface area contributed by atoms with Gasteiger partial charge in [0.15, 0.2) is 0 Å². The number of H-pyrrole nitrogens is 1. The molecule has 2 aromatic carbocycles. The molecule has 0 spiro atoms. The van der Waals surface area contributed by atoms with Crippen LogP contribution in [0.15, 0.2) is 29.1 Å². The van der Waals surface area contributed by atoms with Crippen molar-refractivity contribution < 1.29 is 9.53 Å². The highest BCUT2D eigenvalue weighted by Crippen LogP contribution is 2.44. The molecule has 2 aliphatic rings. The molecule has 0 unspecified atom stereocenters. The summed E-state index contributed by atoms with van der Waals surface area (Å²) < 4.78 is 6.06. The van der Waals surface area contributed by atoms with Gasteiger partial charge in [0.25, 0.3) is 11.5 Å². The van der Waals surface area contributed by atoms with Crippen LogP contribution in [-0.2, 0) is 6.42 Å². The van der Waals surface area contributed by atoms with E-state index >= 15 is 0 Å². The Morgan fingerprint density at radius 2 is 2.03 bits per heavy atom. The lowest BCUT2D eigenvalue weighted by Crippen LogP contribution is -2.45. The first-order chi connectivity index (χ1) is 17.6. The van der Waals surface area contributed by atoms with Crippen molar-refractivity contribution in [3.8, 4) is 5.75 Å². The summed E-state index contributed by atoms with van der Waals surface area (Å²) in [6.07, 6.45) is 2.27. The minimum Gasteiger partial charge on any atom is -0.486 e. The van der Waals surface area contributed by atoms with Gasteiger partial charge in [-0.15, -0.1) is 0 Å². The molecule has 1 aromatic heterocycles. The third-order valence-electron chi connectivity index (χ3n) is 6.91. The van der Waals surface area contributed by atoms with Crippen LogP contribution >= 0.6 is 23.2 Å². The van der Waals surface area contributed by atoms with Crippen molar-refractivity contribution in [2.75, 3.05) is 37.2 Å². The number of rotatable bonds is 6. The van der Waals surface area contributed by atoms with E-state index < -0.39 is 5.60 Å². The van der Waals surface area contributed by atoms with E-state index in [1.165, 1.54) is 0 Å². The molecule has 0 atom stereocenters. The third-order valence-corrected chi connectivity index (χ3v) is 7.46. The highest BCUT2D eigenvalue weighted by Gasteiger charge is 2.36. The van der Waals surface area contributed by atoms with Gasteiger partial charge in [0.2, 0.25) is 5.95 Å². The Hall–Kier alpha value is -3.01. The fraction of sp³-hybridized carbons (Fsp3) is 0.423. The van der Waals surface area contributed by atoms with Gasteiger partial charge in [-0.1, -0.05) is 23.2 Å². The number of halogens is 2. The first-order valence-corrected chi connectivity index (χ1v) is 13.1. The SMILES string of the molecule is CC1(C)Cc2c(N)c(Cl)cc(C(=O)NC3CCN(CCNc4nc5ccc(Cl)cc5c(=O)[nH]4)CC3)c2O1. The lowest BCUT2D eigenvalue weighted by molar-refractivity contribution is 0.0899. The van der Waals surface area contributed by atoms with Gasteiger partial charge >= 0.3 is 0 Å². The summed E-state index contributed by atoms with van der Waals surface area (Å²) in [5.41, 5.74) is 7.81. The van der Waals surface area contributed by atoms with Crippen LogP contribution in [0.1, 0.15) is 42.6 Å². The maximum atomic E-state index is 13.1. The fourth-order valence-electron chi connectivity index (χ4n) is 4.99. The molecule has 0 bridgehead atoms. The van der Waals surface area contributed by atoms with Gasteiger partial charge in [0.05, 0.1) is 27.2 Å². The Kier molecular flexibility index (Phi) is 6.95. The molecule has 9 nitrogen and oxygen atoms in total. The second-order valence-corrected chi connectivity index (χ2v) is 11.1. The predicted octanol–water partition coefficient (Wildman–Crippen LogP) is 3.83. The minimum absolute atomic E-state index is 0.0587. The Bertz CT molecular complexity index is 1420. The van der Waals surface area contributed by atoms with Crippen LogP contribution in [0, 0.1) is 0 Å². The maximum Gasteiger partial charge on any atom is 0.260 e. The topological polar surface area (TPSA) is 125 Å². The van der Waals surface area contributed by atoms with Crippen molar-refractivity contribution in [2.24, 2.45) is 0 Å². The molecule has 196 valence electrons. The molecule has 3 aromatic rings. The number of likely N-dealkylation sites (tertiary alicyclic amines) is 1. The van der Waals surface area contributed by atoms with E-state index in [1.807, 2.05) is 13.8 Å². The average Bonchev–Trinajstić information content (AvgIpc) is 3.18. The number of nitrogens with two attached hydrogens (primary N) is 1. The second-order valence-electron chi connectivity index (χ2n) is 10.3. The number of nitrogens with zero attached hydrogens (tertiary/aromatic N) is 2. The Morgan fingerprint density at radius 1 is 1.27 bits per heavy atom. The lowest BCUT2D eigenvalue weighted by Gasteiger charge is -2.32. The van der Waals surface area contributed by atoms with Gasteiger partial charge < -0.3 is 26.0 Å². The minimum atomic E-state index is -0.432. The van der Waals surface area contributed by atoms with Crippen LogP contribution in [0.2, 0.25) is 10.0 Å². The number of benzene rings is 2. The summed E-state index contributed by atoms with van der Waals surface area (Å²) >= 11 is 12.3. The van der Waals surface area contributed by atoms with Crippen molar-refractivity contribution in [3.05, 3.63) is 55.8 Å². The van der Waals surface area contributed by atoms with Crippen LogP contribution in [0.5, 0.6) is 5.75 Å². The molecule has 3 heterocycles. The summed E-state index contributed by atoms with van der Waals surface area (Å²) in [7, 11) is 0. The smallest absolute Gasteiger partial charge is 0.260 e. The van der Waals surface area contributed by atoms with Crippen LogP contribution < -0.4 is 26.7 Å². The van der Waals surface area contributed by atoms with Gasteiger partial charge in [-0.05, 0) is 51.0 Å². The van der Waals surface area contributed by atoms with Crippen molar-refractivity contribution in [2.45, 2.75) is 44.8 Å². The number of anilines is 2.